The minimum Gasteiger partial charge on any atom is -0.492 e. The van der Waals surface area contributed by atoms with Crippen molar-refractivity contribution in [3.05, 3.63) is 65.7 Å². The van der Waals surface area contributed by atoms with E-state index in [0.717, 1.165) is 17.5 Å². The summed E-state index contributed by atoms with van der Waals surface area (Å²) in [6, 6.07) is 17.0. The third kappa shape index (κ3) is 10.3. The molecule has 0 fully saturated rings. The lowest BCUT2D eigenvalue weighted by Gasteiger charge is -2.27. The number of amides is 2. The van der Waals surface area contributed by atoms with E-state index in [1.165, 1.54) is 0 Å². The molecule has 2 N–H and O–H groups in total. The zero-order valence-corrected chi connectivity index (χ0v) is 20.8. The van der Waals surface area contributed by atoms with Gasteiger partial charge in [-0.3, -0.25) is 0 Å². The predicted molar refractivity (Wildman–Crippen MR) is 133 cm³/mol. The van der Waals surface area contributed by atoms with Crippen molar-refractivity contribution in [2.24, 2.45) is 5.41 Å². The SMILES string of the molecule is CCOC(Cc1ccc(OCCN(CCC(C)(C)C)C(=O)NCc2ccccc2)cc1)C(=O)O. The molecule has 34 heavy (non-hydrogen) atoms. The molecule has 0 saturated carbocycles. The van der Waals surface area contributed by atoms with Crippen LogP contribution in [0.5, 0.6) is 5.75 Å². The summed E-state index contributed by atoms with van der Waals surface area (Å²) in [5.41, 5.74) is 2.03. The normalized spacial score (nSPS) is 12.1. The Morgan fingerprint density at radius 2 is 1.68 bits per heavy atom. The van der Waals surface area contributed by atoms with E-state index in [0.29, 0.717) is 45.0 Å². The van der Waals surface area contributed by atoms with Crippen molar-refractivity contribution in [2.75, 3.05) is 26.3 Å². The van der Waals surface area contributed by atoms with E-state index in [4.69, 9.17) is 9.47 Å². The molecule has 0 aliphatic rings. The van der Waals surface area contributed by atoms with Crippen LogP contribution < -0.4 is 10.1 Å². The maximum absolute atomic E-state index is 12.8. The summed E-state index contributed by atoms with van der Waals surface area (Å²) >= 11 is 0. The second-order valence-electron chi connectivity index (χ2n) is 9.42. The van der Waals surface area contributed by atoms with Gasteiger partial charge in [-0.15, -0.1) is 0 Å². The number of carbonyl (C=O) groups is 2. The van der Waals surface area contributed by atoms with Crippen LogP contribution in [0.2, 0.25) is 0 Å². The number of rotatable bonds is 13. The standard InChI is InChI=1S/C27H38N2O5/c1-5-33-24(25(30)31)19-21-11-13-23(14-12-21)34-18-17-29(16-15-27(2,3)4)26(32)28-20-22-9-7-6-8-10-22/h6-14,24H,5,15-20H2,1-4H3,(H,28,32)(H,30,31). The van der Waals surface area contributed by atoms with Crippen molar-refractivity contribution in [1.29, 1.82) is 0 Å². The number of hydrogen-bond acceptors (Lipinski definition) is 4. The van der Waals surface area contributed by atoms with Crippen molar-refractivity contribution >= 4 is 12.0 Å². The highest BCUT2D eigenvalue weighted by molar-refractivity contribution is 5.74. The highest BCUT2D eigenvalue weighted by Gasteiger charge is 2.19. The molecule has 7 heteroatoms. The van der Waals surface area contributed by atoms with Gasteiger partial charge in [-0.2, -0.15) is 0 Å². The van der Waals surface area contributed by atoms with E-state index in [1.807, 2.05) is 54.6 Å². The number of benzene rings is 2. The van der Waals surface area contributed by atoms with E-state index >= 15 is 0 Å². The first-order valence-corrected chi connectivity index (χ1v) is 11.8. The van der Waals surface area contributed by atoms with Crippen LogP contribution in [0.1, 0.15) is 45.2 Å². The monoisotopic (exact) mass is 470 g/mol. The minimum atomic E-state index is -0.969. The molecule has 0 saturated heterocycles. The Morgan fingerprint density at radius 3 is 2.26 bits per heavy atom. The van der Waals surface area contributed by atoms with Crippen LogP contribution in [0.3, 0.4) is 0 Å². The lowest BCUT2D eigenvalue weighted by atomic mass is 9.92. The first-order valence-electron chi connectivity index (χ1n) is 11.8. The summed E-state index contributed by atoms with van der Waals surface area (Å²) in [4.78, 5) is 25.9. The number of carboxylic acid groups (broad SMARTS) is 1. The van der Waals surface area contributed by atoms with E-state index in [-0.39, 0.29) is 11.4 Å². The van der Waals surface area contributed by atoms with Gasteiger partial charge >= 0.3 is 12.0 Å². The van der Waals surface area contributed by atoms with Gasteiger partial charge in [0.2, 0.25) is 0 Å². The van der Waals surface area contributed by atoms with Crippen molar-refractivity contribution in [1.82, 2.24) is 10.2 Å². The third-order valence-corrected chi connectivity index (χ3v) is 5.32. The second-order valence-corrected chi connectivity index (χ2v) is 9.42. The average molecular weight is 471 g/mol. The van der Waals surface area contributed by atoms with Gasteiger partial charge in [-0.25, -0.2) is 9.59 Å². The summed E-state index contributed by atoms with van der Waals surface area (Å²) in [6.45, 7) is 10.5. The van der Waals surface area contributed by atoms with Gasteiger partial charge in [0.15, 0.2) is 6.10 Å². The molecule has 0 bridgehead atoms. The van der Waals surface area contributed by atoms with Gasteiger partial charge in [0.1, 0.15) is 12.4 Å². The van der Waals surface area contributed by atoms with Crippen molar-refractivity contribution in [3.8, 4) is 5.75 Å². The van der Waals surface area contributed by atoms with Gasteiger partial charge < -0.3 is 24.8 Å². The van der Waals surface area contributed by atoms with E-state index in [2.05, 4.69) is 26.1 Å². The maximum atomic E-state index is 12.8. The maximum Gasteiger partial charge on any atom is 0.333 e. The fraction of sp³-hybridized carbons (Fsp3) is 0.481. The molecule has 0 heterocycles. The molecule has 2 rings (SSSR count). The number of carboxylic acids is 1. The molecule has 1 atom stereocenters. The summed E-state index contributed by atoms with van der Waals surface area (Å²) < 4.78 is 11.1. The Bertz CT molecular complexity index is 878. The molecule has 2 aromatic carbocycles. The lowest BCUT2D eigenvalue weighted by Crippen LogP contribution is -2.43. The Kier molecular flexibility index (Phi) is 10.9. The molecule has 0 radical (unpaired) electrons. The molecular formula is C27H38N2O5. The number of ether oxygens (including phenoxy) is 2. The molecule has 0 aliphatic heterocycles. The number of hydrogen-bond donors (Lipinski definition) is 2. The third-order valence-electron chi connectivity index (χ3n) is 5.32. The first kappa shape index (κ1) is 27.2. The number of nitrogens with zero attached hydrogens (tertiary/aromatic N) is 1. The van der Waals surface area contributed by atoms with Gasteiger partial charge in [-0.05, 0) is 42.0 Å². The summed E-state index contributed by atoms with van der Waals surface area (Å²) in [5, 5.41) is 12.2. The summed E-state index contributed by atoms with van der Waals surface area (Å²) in [5.74, 6) is -0.296. The second kappa shape index (κ2) is 13.6. The van der Waals surface area contributed by atoms with Crippen LogP contribution in [0, 0.1) is 5.41 Å². The highest BCUT2D eigenvalue weighted by Crippen LogP contribution is 2.19. The average Bonchev–Trinajstić information content (AvgIpc) is 2.80. The molecule has 0 aromatic heterocycles. The molecule has 0 spiro atoms. The van der Waals surface area contributed by atoms with E-state index in [1.54, 1.807) is 11.8 Å². The minimum absolute atomic E-state index is 0.109. The zero-order chi connectivity index (χ0) is 25.0. The lowest BCUT2D eigenvalue weighted by molar-refractivity contribution is -0.149. The highest BCUT2D eigenvalue weighted by atomic mass is 16.5. The van der Waals surface area contributed by atoms with Gasteiger partial charge in [0.05, 0.1) is 6.54 Å². The van der Waals surface area contributed by atoms with Crippen LogP contribution in [0.15, 0.2) is 54.6 Å². The van der Waals surface area contributed by atoms with Crippen molar-refractivity contribution in [2.45, 2.75) is 53.2 Å². The summed E-state index contributed by atoms with van der Waals surface area (Å²) in [6.07, 6.45) is 0.318. The van der Waals surface area contributed by atoms with Gasteiger partial charge in [0.25, 0.3) is 0 Å². The largest absolute Gasteiger partial charge is 0.492 e. The molecular weight excluding hydrogens is 432 g/mol. The van der Waals surface area contributed by atoms with Gasteiger partial charge in [-0.1, -0.05) is 63.2 Å². The molecule has 1 unspecified atom stereocenters. The molecule has 0 aliphatic carbocycles. The fourth-order valence-electron chi connectivity index (χ4n) is 3.30. The Labute approximate surface area is 203 Å². The van der Waals surface area contributed by atoms with E-state index in [9.17, 15) is 14.7 Å². The molecule has 7 nitrogen and oxygen atoms in total. The first-order chi connectivity index (χ1) is 16.2. The summed E-state index contributed by atoms with van der Waals surface area (Å²) in [7, 11) is 0. The van der Waals surface area contributed by atoms with Crippen LogP contribution in [0.25, 0.3) is 0 Å². The molecule has 2 aromatic rings. The van der Waals surface area contributed by atoms with Gasteiger partial charge in [0, 0.05) is 26.1 Å². The predicted octanol–water partition coefficient (Wildman–Crippen LogP) is 4.75. The quantitative estimate of drug-likeness (QED) is 0.441. The molecule has 186 valence electrons. The van der Waals surface area contributed by atoms with Crippen LogP contribution in [0.4, 0.5) is 4.79 Å². The zero-order valence-electron chi connectivity index (χ0n) is 20.8. The Hall–Kier alpha value is -3.06. The van der Waals surface area contributed by atoms with Crippen LogP contribution in [-0.4, -0.2) is 54.4 Å². The Morgan fingerprint density at radius 1 is 1.00 bits per heavy atom. The van der Waals surface area contributed by atoms with Crippen molar-refractivity contribution in [3.63, 3.8) is 0 Å². The fourth-order valence-corrected chi connectivity index (χ4v) is 3.30. The number of nitrogens with one attached hydrogen (secondary N) is 1. The topological polar surface area (TPSA) is 88.1 Å². The smallest absolute Gasteiger partial charge is 0.333 e. The van der Waals surface area contributed by atoms with Crippen LogP contribution in [-0.2, 0) is 22.5 Å². The van der Waals surface area contributed by atoms with Crippen LogP contribution >= 0.6 is 0 Å². The molecule has 2 amide bonds. The van der Waals surface area contributed by atoms with Crippen molar-refractivity contribution < 1.29 is 24.2 Å². The number of urea groups is 1. The number of aliphatic carboxylic acids is 1. The Balaban J connectivity index is 1.89. The number of carbonyl (C=O) groups excluding carboxylic acids is 1. The van der Waals surface area contributed by atoms with E-state index < -0.39 is 12.1 Å².